The molecule has 1 aliphatic heterocycles. The third-order valence-corrected chi connectivity index (χ3v) is 6.81. The smallest absolute Gasteiger partial charge is 0.251 e. The van der Waals surface area contributed by atoms with Crippen molar-refractivity contribution in [2.45, 2.75) is 64.2 Å². The van der Waals surface area contributed by atoms with Crippen molar-refractivity contribution >= 4 is 21.8 Å². The highest BCUT2D eigenvalue weighted by Crippen LogP contribution is 2.41. The van der Waals surface area contributed by atoms with E-state index >= 15 is 0 Å². The van der Waals surface area contributed by atoms with Gasteiger partial charge in [-0.25, -0.2) is 0 Å². The average Bonchev–Trinajstić information content (AvgIpc) is 2.74. The van der Waals surface area contributed by atoms with E-state index in [9.17, 15) is 4.79 Å². The lowest BCUT2D eigenvalue weighted by Gasteiger charge is -2.51. The van der Waals surface area contributed by atoms with E-state index in [2.05, 4.69) is 26.1 Å². The largest absolute Gasteiger partial charge is 0.351 e. The fourth-order valence-electron chi connectivity index (χ4n) is 5.01. The Balaban J connectivity index is 1.79. The second kappa shape index (κ2) is 10.9. The number of nitrogens with zero attached hydrogens (tertiary/aromatic N) is 1. The Hall–Kier alpha value is -0.950. The number of benzene rings is 1. The molecule has 1 saturated carbocycles. The van der Waals surface area contributed by atoms with E-state index in [-0.39, 0.29) is 11.8 Å². The van der Waals surface area contributed by atoms with Gasteiger partial charge in [0.1, 0.15) is 0 Å². The first-order valence-electron chi connectivity index (χ1n) is 11.2. The van der Waals surface area contributed by atoms with E-state index in [1.807, 2.05) is 38.1 Å². The molecule has 1 saturated heterocycles. The van der Waals surface area contributed by atoms with Crippen LogP contribution < -0.4 is 5.32 Å². The minimum Gasteiger partial charge on any atom is -0.351 e. The summed E-state index contributed by atoms with van der Waals surface area (Å²) in [7, 11) is 0. The standard InChI is InChI=1S/C23H35BrN2O3/c1-3-28-23(29-4-2)14-8-9-21(26-15-6-5-7-16-26)20(23)17-25-22(27)18-10-12-19(24)13-11-18/h10-13,20-21H,3-9,14-17H2,1-2H3,(H,25,27). The Morgan fingerprint density at radius 3 is 2.38 bits per heavy atom. The molecule has 1 aromatic carbocycles. The summed E-state index contributed by atoms with van der Waals surface area (Å²) >= 11 is 3.43. The van der Waals surface area contributed by atoms with E-state index < -0.39 is 5.79 Å². The molecule has 0 aromatic heterocycles. The quantitative estimate of drug-likeness (QED) is 0.568. The zero-order valence-electron chi connectivity index (χ0n) is 17.8. The van der Waals surface area contributed by atoms with Crippen LogP contribution in [0.4, 0.5) is 0 Å². The summed E-state index contributed by atoms with van der Waals surface area (Å²) in [6.07, 6.45) is 6.95. The van der Waals surface area contributed by atoms with Crippen LogP contribution in [0.1, 0.15) is 62.7 Å². The van der Waals surface area contributed by atoms with Crippen molar-refractivity contribution in [3.05, 3.63) is 34.3 Å². The van der Waals surface area contributed by atoms with Gasteiger partial charge in [0.2, 0.25) is 0 Å². The maximum atomic E-state index is 12.8. The first kappa shape index (κ1) is 22.7. The van der Waals surface area contributed by atoms with Crippen LogP contribution in [0.3, 0.4) is 0 Å². The van der Waals surface area contributed by atoms with Crippen molar-refractivity contribution in [2.75, 3.05) is 32.8 Å². The number of nitrogens with one attached hydrogen (secondary N) is 1. The number of ether oxygens (including phenoxy) is 2. The zero-order valence-corrected chi connectivity index (χ0v) is 19.4. The molecule has 1 amide bonds. The highest BCUT2D eigenvalue weighted by molar-refractivity contribution is 9.10. The number of hydrogen-bond acceptors (Lipinski definition) is 4. The van der Waals surface area contributed by atoms with Gasteiger partial charge < -0.3 is 14.8 Å². The summed E-state index contributed by atoms with van der Waals surface area (Å²) in [6.45, 7) is 8.13. The van der Waals surface area contributed by atoms with Gasteiger partial charge in [-0.1, -0.05) is 22.4 Å². The number of halogens is 1. The third-order valence-electron chi connectivity index (χ3n) is 6.28. The summed E-state index contributed by atoms with van der Waals surface area (Å²) in [4.78, 5) is 15.4. The van der Waals surface area contributed by atoms with Crippen molar-refractivity contribution in [3.63, 3.8) is 0 Å². The predicted molar refractivity (Wildman–Crippen MR) is 119 cm³/mol. The van der Waals surface area contributed by atoms with Crippen LogP contribution >= 0.6 is 15.9 Å². The number of rotatable bonds is 8. The van der Waals surface area contributed by atoms with Crippen LogP contribution in [0.2, 0.25) is 0 Å². The molecule has 1 aromatic rings. The Kier molecular flexibility index (Phi) is 8.54. The molecule has 1 aliphatic carbocycles. The summed E-state index contributed by atoms with van der Waals surface area (Å²) in [5.41, 5.74) is 0.678. The number of likely N-dealkylation sites (tertiary alicyclic amines) is 1. The minimum atomic E-state index is -0.614. The van der Waals surface area contributed by atoms with E-state index in [0.717, 1.165) is 36.8 Å². The molecule has 3 rings (SSSR count). The lowest BCUT2D eigenvalue weighted by atomic mass is 9.77. The maximum absolute atomic E-state index is 12.8. The molecule has 5 nitrogen and oxygen atoms in total. The van der Waals surface area contributed by atoms with Gasteiger partial charge in [0.15, 0.2) is 5.79 Å². The number of piperidine rings is 1. The fraction of sp³-hybridized carbons (Fsp3) is 0.696. The molecule has 2 fully saturated rings. The first-order valence-corrected chi connectivity index (χ1v) is 11.9. The van der Waals surface area contributed by atoms with Gasteiger partial charge in [0.05, 0.1) is 0 Å². The van der Waals surface area contributed by atoms with Gasteiger partial charge in [0, 0.05) is 48.2 Å². The molecular formula is C23H35BrN2O3. The maximum Gasteiger partial charge on any atom is 0.251 e. The van der Waals surface area contributed by atoms with E-state index in [1.165, 1.54) is 19.3 Å². The lowest BCUT2D eigenvalue weighted by Crippen LogP contribution is -2.60. The van der Waals surface area contributed by atoms with Gasteiger partial charge in [-0.3, -0.25) is 9.69 Å². The molecule has 29 heavy (non-hydrogen) atoms. The zero-order chi connectivity index (χ0) is 20.7. The topological polar surface area (TPSA) is 50.8 Å². The van der Waals surface area contributed by atoms with Gasteiger partial charge in [0.25, 0.3) is 5.91 Å². The molecule has 2 atom stereocenters. The van der Waals surface area contributed by atoms with Crippen LogP contribution in [-0.2, 0) is 9.47 Å². The SMILES string of the molecule is CCOC1(OCC)CCCC(N2CCCCC2)C1CNC(=O)c1ccc(Br)cc1. The van der Waals surface area contributed by atoms with E-state index in [4.69, 9.17) is 9.47 Å². The monoisotopic (exact) mass is 466 g/mol. The normalized spacial score (nSPS) is 24.9. The van der Waals surface area contributed by atoms with E-state index in [0.29, 0.717) is 31.4 Å². The predicted octanol–water partition coefficient (Wildman–Crippen LogP) is 4.60. The number of carbonyl (C=O) groups excluding carboxylic acids is 1. The summed E-state index contributed by atoms with van der Waals surface area (Å²) in [5.74, 6) is -0.535. The molecule has 2 aliphatic rings. The molecule has 1 heterocycles. The summed E-state index contributed by atoms with van der Waals surface area (Å²) < 4.78 is 13.6. The Morgan fingerprint density at radius 2 is 1.76 bits per heavy atom. The van der Waals surface area contributed by atoms with Gasteiger partial charge in [-0.2, -0.15) is 0 Å². The van der Waals surface area contributed by atoms with Crippen LogP contribution in [0.15, 0.2) is 28.7 Å². The first-order chi connectivity index (χ1) is 14.1. The Bertz CT molecular complexity index is 635. The van der Waals surface area contributed by atoms with Crippen LogP contribution in [0.5, 0.6) is 0 Å². The van der Waals surface area contributed by atoms with Crippen molar-refractivity contribution in [3.8, 4) is 0 Å². The minimum absolute atomic E-state index is 0.0395. The second-order valence-corrected chi connectivity index (χ2v) is 8.97. The molecule has 1 N–H and O–H groups in total. The van der Waals surface area contributed by atoms with Gasteiger partial charge in [-0.05, 0) is 76.9 Å². The third kappa shape index (κ3) is 5.60. The molecule has 162 valence electrons. The van der Waals surface area contributed by atoms with Crippen molar-refractivity contribution < 1.29 is 14.3 Å². The molecule has 2 unspecified atom stereocenters. The highest BCUT2D eigenvalue weighted by Gasteiger charge is 2.49. The Morgan fingerprint density at radius 1 is 1.10 bits per heavy atom. The fourth-order valence-corrected chi connectivity index (χ4v) is 5.27. The Labute approximate surface area is 183 Å². The lowest BCUT2D eigenvalue weighted by molar-refractivity contribution is -0.286. The van der Waals surface area contributed by atoms with Gasteiger partial charge in [-0.15, -0.1) is 0 Å². The second-order valence-electron chi connectivity index (χ2n) is 8.06. The molecule has 0 bridgehead atoms. The number of amides is 1. The molecule has 0 radical (unpaired) electrons. The van der Waals surface area contributed by atoms with Gasteiger partial charge >= 0.3 is 0 Å². The molecule has 0 spiro atoms. The van der Waals surface area contributed by atoms with Crippen LogP contribution in [-0.4, -0.2) is 55.5 Å². The number of hydrogen-bond donors (Lipinski definition) is 1. The summed E-state index contributed by atoms with van der Waals surface area (Å²) in [5, 5.41) is 3.19. The summed E-state index contributed by atoms with van der Waals surface area (Å²) in [6, 6.07) is 7.88. The van der Waals surface area contributed by atoms with Crippen molar-refractivity contribution in [1.82, 2.24) is 10.2 Å². The molecular weight excluding hydrogens is 432 g/mol. The number of carbonyl (C=O) groups is 1. The van der Waals surface area contributed by atoms with Crippen molar-refractivity contribution in [2.24, 2.45) is 5.92 Å². The molecule has 6 heteroatoms. The van der Waals surface area contributed by atoms with Crippen molar-refractivity contribution in [1.29, 1.82) is 0 Å². The average molecular weight is 467 g/mol. The van der Waals surface area contributed by atoms with Crippen LogP contribution in [0, 0.1) is 5.92 Å². The highest BCUT2D eigenvalue weighted by atomic mass is 79.9. The van der Waals surface area contributed by atoms with E-state index in [1.54, 1.807) is 0 Å². The van der Waals surface area contributed by atoms with Crippen LogP contribution in [0.25, 0.3) is 0 Å².